The highest BCUT2D eigenvalue weighted by molar-refractivity contribution is 5.47. The van der Waals surface area contributed by atoms with Crippen molar-refractivity contribution in [1.29, 1.82) is 0 Å². The molecule has 0 N–H and O–H groups in total. The number of aryl methyl sites for hydroxylation is 1. The van der Waals surface area contributed by atoms with E-state index in [4.69, 9.17) is 9.97 Å². The van der Waals surface area contributed by atoms with Gasteiger partial charge in [0.25, 0.3) is 0 Å². The van der Waals surface area contributed by atoms with E-state index >= 15 is 0 Å². The summed E-state index contributed by atoms with van der Waals surface area (Å²) in [7, 11) is 2.09. The summed E-state index contributed by atoms with van der Waals surface area (Å²) in [5.74, 6) is 2.82. The van der Waals surface area contributed by atoms with Crippen molar-refractivity contribution in [2.45, 2.75) is 13.3 Å². The highest BCUT2D eigenvalue weighted by Crippen LogP contribution is 2.20. The molecule has 150 valence electrons. The monoisotopic (exact) mass is 389 g/mol. The van der Waals surface area contributed by atoms with Crippen molar-refractivity contribution in [3.63, 3.8) is 0 Å². The van der Waals surface area contributed by atoms with Gasteiger partial charge in [0, 0.05) is 70.1 Å². The molecule has 1 aliphatic rings. The van der Waals surface area contributed by atoms with E-state index in [1.165, 1.54) is 5.56 Å². The first-order valence-corrected chi connectivity index (χ1v) is 10.1. The molecule has 1 aliphatic heterocycles. The van der Waals surface area contributed by atoms with Gasteiger partial charge < -0.3 is 14.7 Å². The van der Waals surface area contributed by atoms with E-state index in [0.29, 0.717) is 0 Å². The van der Waals surface area contributed by atoms with Crippen LogP contribution in [0.5, 0.6) is 0 Å². The fourth-order valence-corrected chi connectivity index (χ4v) is 3.51. The summed E-state index contributed by atoms with van der Waals surface area (Å²) in [5, 5.41) is 0. The molecule has 0 saturated carbocycles. The smallest absolute Gasteiger partial charge is 0.227 e. The quantitative estimate of drug-likeness (QED) is 0.642. The average Bonchev–Trinajstić information content (AvgIpc) is 2.78. The van der Waals surface area contributed by atoms with Gasteiger partial charge in [-0.05, 0) is 43.2 Å². The van der Waals surface area contributed by atoms with Crippen molar-refractivity contribution in [1.82, 2.24) is 19.9 Å². The maximum Gasteiger partial charge on any atom is 0.227 e. The maximum absolute atomic E-state index is 4.86. The van der Waals surface area contributed by atoms with E-state index in [9.17, 15) is 0 Å². The molecule has 7 heteroatoms. The predicted octanol–water partition coefficient (Wildman–Crippen LogP) is 2.58. The lowest BCUT2D eigenvalue weighted by Crippen LogP contribution is -2.47. The van der Waals surface area contributed by atoms with Crippen LogP contribution in [0.1, 0.15) is 11.3 Å². The minimum atomic E-state index is 0.816. The number of aromatic nitrogens is 4. The second-order valence-electron chi connectivity index (χ2n) is 7.36. The number of hydrogen-bond donors (Lipinski definition) is 0. The number of piperazine rings is 1. The van der Waals surface area contributed by atoms with Crippen LogP contribution in [0.4, 0.5) is 17.6 Å². The molecule has 3 aromatic rings. The third kappa shape index (κ3) is 4.80. The summed E-state index contributed by atoms with van der Waals surface area (Å²) in [4.78, 5) is 24.9. The fourth-order valence-electron chi connectivity index (χ4n) is 3.51. The van der Waals surface area contributed by atoms with Gasteiger partial charge in [-0.25, -0.2) is 9.97 Å². The van der Waals surface area contributed by atoms with E-state index in [2.05, 4.69) is 56.0 Å². The molecule has 3 aromatic heterocycles. The average molecular weight is 390 g/mol. The maximum atomic E-state index is 4.86. The van der Waals surface area contributed by atoms with Crippen LogP contribution in [-0.2, 0) is 6.42 Å². The number of pyridine rings is 2. The standard InChI is InChI=1S/C22H27N7/c1-18-17-21(27(2)12-8-19-6-10-23-11-7-19)26-22(25-18)29-15-13-28(14-16-29)20-5-3-4-9-24-20/h3-7,9-11,17H,8,12-16H2,1-2H3. The van der Waals surface area contributed by atoms with Crippen molar-refractivity contribution >= 4 is 17.6 Å². The lowest BCUT2D eigenvalue weighted by Gasteiger charge is -2.35. The zero-order valence-corrected chi connectivity index (χ0v) is 17.1. The van der Waals surface area contributed by atoms with Crippen LogP contribution in [-0.4, -0.2) is 59.7 Å². The first-order chi connectivity index (χ1) is 14.2. The molecule has 29 heavy (non-hydrogen) atoms. The Bertz CT molecular complexity index is 909. The molecule has 1 saturated heterocycles. The lowest BCUT2D eigenvalue weighted by molar-refractivity contribution is 0.633. The van der Waals surface area contributed by atoms with E-state index in [1.54, 1.807) is 0 Å². The largest absolute Gasteiger partial charge is 0.359 e. The molecule has 0 amide bonds. The number of likely N-dealkylation sites (N-methyl/N-ethyl adjacent to an activating group) is 1. The van der Waals surface area contributed by atoms with Gasteiger partial charge in [-0.2, -0.15) is 4.98 Å². The summed E-state index contributed by atoms with van der Waals surface area (Å²) >= 11 is 0. The van der Waals surface area contributed by atoms with Gasteiger partial charge in [0.2, 0.25) is 5.95 Å². The van der Waals surface area contributed by atoms with Crippen molar-refractivity contribution in [2.24, 2.45) is 0 Å². The van der Waals surface area contributed by atoms with Crippen molar-refractivity contribution in [3.8, 4) is 0 Å². The van der Waals surface area contributed by atoms with Gasteiger partial charge >= 0.3 is 0 Å². The summed E-state index contributed by atoms with van der Waals surface area (Å²) in [6.45, 7) is 6.55. The minimum Gasteiger partial charge on any atom is -0.359 e. The summed E-state index contributed by atoms with van der Waals surface area (Å²) in [5.41, 5.74) is 2.27. The predicted molar refractivity (Wildman–Crippen MR) is 117 cm³/mol. The van der Waals surface area contributed by atoms with Crippen molar-refractivity contribution in [3.05, 3.63) is 66.2 Å². The normalized spacial score (nSPS) is 14.1. The Kier molecular flexibility index (Phi) is 5.84. The molecule has 0 aromatic carbocycles. The molecule has 0 spiro atoms. The van der Waals surface area contributed by atoms with Crippen LogP contribution in [0.2, 0.25) is 0 Å². The van der Waals surface area contributed by atoms with Crippen LogP contribution in [0, 0.1) is 6.92 Å². The number of hydrogen-bond acceptors (Lipinski definition) is 7. The van der Waals surface area contributed by atoms with Crippen LogP contribution >= 0.6 is 0 Å². The molecule has 7 nitrogen and oxygen atoms in total. The fraction of sp³-hybridized carbons (Fsp3) is 0.364. The van der Waals surface area contributed by atoms with Gasteiger partial charge in [-0.15, -0.1) is 0 Å². The Hall–Kier alpha value is -3.22. The van der Waals surface area contributed by atoms with Gasteiger partial charge in [-0.1, -0.05) is 6.07 Å². The Morgan fingerprint density at radius 1 is 0.931 bits per heavy atom. The van der Waals surface area contributed by atoms with Gasteiger partial charge in [0.15, 0.2) is 0 Å². The Morgan fingerprint density at radius 2 is 1.69 bits per heavy atom. The number of anilines is 3. The molecule has 0 bridgehead atoms. The van der Waals surface area contributed by atoms with Crippen LogP contribution in [0.15, 0.2) is 55.0 Å². The molecule has 1 fully saturated rings. The molecule has 0 radical (unpaired) electrons. The van der Waals surface area contributed by atoms with E-state index in [1.807, 2.05) is 37.6 Å². The zero-order valence-electron chi connectivity index (χ0n) is 17.1. The third-order valence-electron chi connectivity index (χ3n) is 5.24. The molecule has 0 unspecified atom stereocenters. The topological polar surface area (TPSA) is 61.3 Å². The molecule has 0 atom stereocenters. The second-order valence-corrected chi connectivity index (χ2v) is 7.36. The van der Waals surface area contributed by atoms with Crippen LogP contribution in [0.25, 0.3) is 0 Å². The number of rotatable bonds is 6. The Labute approximate surface area is 172 Å². The van der Waals surface area contributed by atoms with Gasteiger partial charge in [0.1, 0.15) is 11.6 Å². The van der Waals surface area contributed by atoms with E-state index < -0.39 is 0 Å². The van der Waals surface area contributed by atoms with Crippen LogP contribution in [0.3, 0.4) is 0 Å². The second kappa shape index (κ2) is 8.86. The van der Waals surface area contributed by atoms with Gasteiger partial charge in [0.05, 0.1) is 0 Å². The first-order valence-electron chi connectivity index (χ1n) is 10.1. The first kappa shape index (κ1) is 19.1. The summed E-state index contributed by atoms with van der Waals surface area (Å²) < 4.78 is 0. The van der Waals surface area contributed by atoms with E-state index in [0.717, 1.165) is 62.4 Å². The summed E-state index contributed by atoms with van der Waals surface area (Å²) in [6, 6.07) is 12.2. The number of nitrogens with zero attached hydrogens (tertiary/aromatic N) is 7. The zero-order chi connectivity index (χ0) is 20.1. The van der Waals surface area contributed by atoms with Crippen molar-refractivity contribution < 1.29 is 0 Å². The minimum absolute atomic E-state index is 0.816. The molecule has 4 rings (SSSR count). The highest BCUT2D eigenvalue weighted by atomic mass is 15.3. The third-order valence-corrected chi connectivity index (χ3v) is 5.24. The summed E-state index contributed by atoms with van der Waals surface area (Å²) in [6.07, 6.45) is 6.49. The van der Waals surface area contributed by atoms with Crippen molar-refractivity contribution in [2.75, 3.05) is 54.5 Å². The molecule has 4 heterocycles. The molecular formula is C22H27N7. The van der Waals surface area contributed by atoms with Gasteiger partial charge in [-0.3, -0.25) is 4.98 Å². The highest BCUT2D eigenvalue weighted by Gasteiger charge is 2.21. The molecular weight excluding hydrogens is 362 g/mol. The Balaban J connectivity index is 1.40. The molecule has 0 aliphatic carbocycles. The van der Waals surface area contributed by atoms with E-state index in [-0.39, 0.29) is 0 Å². The van der Waals surface area contributed by atoms with Crippen LogP contribution < -0.4 is 14.7 Å². The SMILES string of the molecule is Cc1cc(N(C)CCc2ccncc2)nc(N2CCN(c3ccccn3)CC2)n1. The Morgan fingerprint density at radius 3 is 2.41 bits per heavy atom. The lowest BCUT2D eigenvalue weighted by atomic mass is 10.2.